The van der Waals surface area contributed by atoms with Gasteiger partial charge in [0.1, 0.15) is 6.04 Å². The number of benzene rings is 2. The van der Waals surface area contributed by atoms with Gasteiger partial charge in [0.15, 0.2) is 0 Å². The minimum Gasteiger partial charge on any atom is -0.467 e. The fraction of sp³-hybridized carbons (Fsp3) is 0.348. The topological polar surface area (TPSA) is 63.7 Å². The van der Waals surface area contributed by atoms with Crippen molar-refractivity contribution in [2.75, 3.05) is 19.4 Å². The van der Waals surface area contributed by atoms with Crippen molar-refractivity contribution < 1.29 is 19.1 Å². The minimum absolute atomic E-state index is 0.0568. The highest BCUT2D eigenvalue weighted by atomic mass is 32.2. The average Bonchev–Trinajstić information content (AvgIpc) is 3.21. The monoisotopic (exact) mass is 443 g/mol. The summed E-state index contributed by atoms with van der Waals surface area (Å²) in [7, 11) is 1.35. The zero-order valence-electron chi connectivity index (χ0n) is 17.0. The van der Waals surface area contributed by atoms with E-state index in [0.717, 1.165) is 16.7 Å². The van der Waals surface area contributed by atoms with Crippen molar-refractivity contribution in [3.05, 3.63) is 66.2 Å². The van der Waals surface area contributed by atoms with Gasteiger partial charge in [0, 0.05) is 33.9 Å². The van der Waals surface area contributed by atoms with Crippen LogP contribution in [-0.4, -0.2) is 52.6 Å². The zero-order valence-corrected chi connectivity index (χ0v) is 18.7. The van der Waals surface area contributed by atoms with Crippen molar-refractivity contribution >= 4 is 40.5 Å². The van der Waals surface area contributed by atoms with Crippen LogP contribution in [0.1, 0.15) is 23.7 Å². The number of likely N-dealkylation sites (tertiary alicyclic amines) is 1. The van der Waals surface area contributed by atoms with Crippen LogP contribution in [0.4, 0.5) is 0 Å². The summed E-state index contributed by atoms with van der Waals surface area (Å²) in [5, 5.41) is 0.0601. The standard InChI is InChI=1S/C23H25NO4S2/c1-16(15-29-23(27)17-9-5-3-6-10-17)21(25)24-14-19(13-20(24)22(26)28-2)30-18-11-7-4-8-12-18/h3-12,16,19-20H,13-15H2,1-2H3. The second-order valence-corrected chi connectivity index (χ2v) is 9.55. The van der Waals surface area contributed by atoms with Gasteiger partial charge >= 0.3 is 5.97 Å². The summed E-state index contributed by atoms with van der Waals surface area (Å²) in [6, 6.07) is 18.4. The van der Waals surface area contributed by atoms with E-state index in [1.165, 1.54) is 7.11 Å². The van der Waals surface area contributed by atoms with Crippen LogP contribution in [0.15, 0.2) is 65.6 Å². The molecule has 1 saturated heterocycles. The predicted octanol–water partition coefficient (Wildman–Crippen LogP) is 4.13. The highest BCUT2D eigenvalue weighted by Crippen LogP contribution is 2.34. The van der Waals surface area contributed by atoms with Gasteiger partial charge in [0.25, 0.3) is 0 Å². The van der Waals surface area contributed by atoms with Gasteiger partial charge < -0.3 is 9.64 Å². The Hall–Kier alpha value is -2.25. The van der Waals surface area contributed by atoms with E-state index in [4.69, 9.17) is 4.74 Å². The molecule has 7 heteroatoms. The fourth-order valence-electron chi connectivity index (χ4n) is 3.39. The van der Waals surface area contributed by atoms with Crippen LogP contribution in [-0.2, 0) is 14.3 Å². The maximum atomic E-state index is 13.1. The Morgan fingerprint density at radius 1 is 1.07 bits per heavy atom. The van der Waals surface area contributed by atoms with E-state index < -0.39 is 6.04 Å². The number of nitrogens with zero attached hydrogens (tertiary/aromatic N) is 1. The maximum Gasteiger partial charge on any atom is 0.328 e. The Morgan fingerprint density at radius 3 is 2.33 bits per heavy atom. The van der Waals surface area contributed by atoms with Crippen LogP contribution in [0.5, 0.6) is 0 Å². The fourth-order valence-corrected chi connectivity index (χ4v) is 5.45. The van der Waals surface area contributed by atoms with Gasteiger partial charge in [-0.2, -0.15) is 0 Å². The molecule has 1 aliphatic rings. The summed E-state index contributed by atoms with van der Waals surface area (Å²) < 4.78 is 4.95. The quantitative estimate of drug-likeness (QED) is 0.600. The molecule has 1 aliphatic heterocycles. The van der Waals surface area contributed by atoms with Crippen molar-refractivity contribution in [3.63, 3.8) is 0 Å². The average molecular weight is 444 g/mol. The molecule has 0 aliphatic carbocycles. The van der Waals surface area contributed by atoms with Gasteiger partial charge in [-0.05, 0) is 18.6 Å². The molecule has 1 amide bonds. The normalized spacial score (nSPS) is 19.3. The lowest BCUT2D eigenvalue weighted by Crippen LogP contribution is -2.44. The highest BCUT2D eigenvalue weighted by Gasteiger charge is 2.41. The summed E-state index contributed by atoms with van der Waals surface area (Å²) in [6.07, 6.45) is 0.556. The van der Waals surface area contributed by atoms with Crippen LogP contribution in [0.25, 0.3) is 0 Å². The minimum atomic E-state index is -0.582. The number of amides is 1. The number of ether oxygens (including phenoxy) is 1. The number of esters is 1. The third kappa shape index (κ3) is 5.67. The van der Waals surface area contributed by atoms with Crippen molar-refractivity contribution in [3.8, 4) is 0 Å². The second kappa shape index (κ2) is 10.7. The molecule has 5 nitrogen and oxygen atoms in total. The Kier molecular flexibility index (Phi) is 7.99. The molecule has 3 unspecified atom stereocenters. The van der Waals surface area contributed by atoms with Crippen LogP contribution in [0.2, 0.25) is 0 Å². The first-order valence-electron chi connectivity index (χ1n) is 9.81. The molecule has 3 rings (SSSR count). The molecule has 1 heterocycles. The van der Waals surface area contributed by atoms with Gasteiger partial charge in [-0.15, -0.1) is 11.8 Å². The summed E-state index contributed by atoms with van der Waals surface area (Å²) in [4.78, 5) is 40.5. The van der Waals surface area contributed by atoms with E-state index in [1.54, 1.807) is 35.7 Å². The lowest BCUT2D eigenvalue weighted by Gasteiger charge is -2.25. The predicted molar refractivity (Wildman–Crippen MR) is 121 cm³/mol. The summed E-state index contributed by atoms with van der Waals surface area (Å²) in [5.41, 5.74) is 0.620. The van der Waals surface area contributed by atoms with Crippen LogP contribution >= 0.6 is 23.5 Å². The van der Waals surface area contributed by atoms with Crippen molar-refractivity contribution in [2.45, 2.75) is 29.5 Å². The van der Waals surface area contributed by atoms with Gasteiger partial charge in [-0.1, -0.05) is 67.2 Å². The Bertz CT molecular complexity index is 875. The third-order valence-electron chi connectivity index (χ3n) is 4.96. The molecule has 3 atom stereocenters. The van der Waals surface area contributed by atoms with Gasteiger partial charge in [0.2, 0.25) is 11.0 Å². The van der Waals surface area contributed by atoms with E-state index in [1.807, 2.05) is 48.5 Å². The van der Waals surface area contributed by atoms with E-state index >= 15 is 0 Å². The molecule has 1 fully saturated rings. The zero-order chi connectivity index (χ0) is 21.5. The molecular weight excluding hydrogens is 418 g/mol. The Labute approximate surface area is 185 Å². The maximum absolute atomic E-state index is 13.1. The number of methoxy groups -OCH3 is 1. The molecule has 0 radical (unpaired) electrons. The molecule has 2 aromatic rings. The smallest absolute Gasteiger partial charge is 0.328 e. The summed E-state index contributed by atoms with van der Waals surface area (Å²) in [5.74, 6) is -0.516. The molecule has 30 heavy (non-hydrogen) atoms. The lowest BCUT2D eigenvalue weighted by atomic mass is 10.1. The van der Waals surface area contributed by atoms with Crippen molar-refractivity contribution in [1.29, 1.82) is 0 Å². The molecule has 2 aromatic carbocycles. The summed E-state index contributed by atoms with van der Waals surface area (Å²) >= 11 is 2.81. The number of carbonyl (C=O) groups excluding carboxylic acids is 3. The molecule has 0 spiro atoms. The molecule has 0 bridgehead atoms. The molecule has 158 valence electrons. The highest BCUT2D eigenvalue weighted by molar-refractivity contribution is 8.14. The molecule has 0 aromatic heterocycles. The van der Waals surface area contributed by atoms with E-state index in [-0.39, 0.29) is 28.2 Å². The summed E-state index contributed by atoms with van der Waals surface area (Å²) in [6.45, 7) is 2.29. The lowest BCUT2D eigenvalue weighted by molar-refractivity contribution is -0.151. The number of hydrogen-bond donors (Lipinski definition) is 0. The molecular formula is C23H25NO4S2. The number of carbonyl (C=O) groups is 3. The Morgan fingerprint density at radius 2 is 1.70 bits per heavy atom. The molecule has 0 N–H and O–H groups in total. The first-order valence-corrected chi connectivity index (χ1v) is 11.7. The number of thioether (sulfide) groups is 2. The SMILES string of the molecule is COC(=O)C1CC(Sc2ccccc2)CN1C(=O)C(C)CSC(=O)c1ccccc1. The Balaban J connectivity index is 1.62. The largest absolute Gasteiger partial charge is 0.467 e. The van der Waals surface area contributed by atoms with E-state index in [2.05, 4.69) is 0 Å². The van der Waals surface area contributed by atoms with Gasteiger partial charge in [0.05, 0.1) is 7.11 Å². The van der Waals surface area contributed by atoms with E-state index in [0.29, 0.717) is 24.3 Å². The van der Waals surface area contributed by atoms with Gasteiger partial charge in [-0.25, -0.2) is 4.79 Å². The van der Waals surface area contributed by atoms with Crippen LogP contribution < -0.4 is 0 Å². The van der Waals surface area contributed by atoms with Crippen molar-refractivity contribution in [2.24, 2.45) is 5.92 Å². The molecule has 0 saturated carbocycles. The van der Waals surface area contributed by atoms with Crippen molar-refractivity contribution in [1.82, 2.24) is 4.90 Å². The third-order valence-corrected chi connectivity index (χ3v) is 7.34. The van der Waals surface area contributed by atoms with Gasteiger partial charge in [-0.3, -0.25) is 9.59 Å². The first-order chi connectivity index (χ1) is 14.5. The number of rotatable bonds is 7. The van der Waals surface area contributed by atoms with E-state index in [9.17, 15) is 14.4 Å². The van der Waals surface area contributed by atoms with Crippen LogP contribution in [0, 0.1) is 5.92 Å². The first kappa shape index (κ1) is 22.4. The van der Waals surface area contributed by atoms with Crippen LogP contribution in [0.3, 0.4) is 0 Å². The second-order valence-electron chi connectivity index (χ2n) is 7.18. The number of hydrogen-bond acceptors (Lipinski definition) is 6.